The molecule has 0 fully saturated rings. The highest BCUT2D eigenvalue weighted by molar-refractivity contribution is 5.85. The van der Waals surface area contributed by atoms with Gasteiger partial charge in [-0.1, -0.05) is 6.08 Å². The summed E-state index contributed by atoms with van der Waals surface area (Å²) in [5, 5.41) is 7.11. The van der Waals surface area contributed by atoms with Gasteiger partial charge in [-0.3, -0.25) is 9.67 Å². The van der Waals surface area contributed by atoms with Gasteiger partial charge in [0.15, 0.2) is 5.65 Å². The smallest absolute Gasteiger partial charge is 0.278 e. The van der Waals surface area contributed by atoms with Gasteiger partial charge in [0.05, 0.1) is 17.4 Å². The summed E-state index contributed by atoms with van der Waals surface area (Å²) in [5.74, 6) is -1.37. The maximum Gasteiger partial charge on any atom is 0.450 e. The van der Waals surface area contributed by atoms with Crippen LogP contribution in [0, 0.1) is 0 Å². The van der Waals surface area contributed by atoms with Crippen LogP contribution in [0.5, 0.6) is 0 Å². The van der Waals surface area contributed by atoms with Gasteiger partial charge in [-0.2, -0.15) is 31.4 Å². The second-order valence-electron chi connectivity index (χ2n) is 6.24. The molecule has 0 radical (unpaired) electrons. The van der Waals surface area contributed by atoms with Gasteiger partial charge >= 0.3 is 12.4 Å². The lowest BCUT2D eigenvalue weighted by Gasteiger charge is -2.13. The van der Waals surface area contributed by atoms with E-state index in [1.165, 1.54) is 18.3 Å². The maximum atomic E-state index is 13.6. The molecule has 0 unspecified atom stereocenters. The molecule has 4 rings (SSSR count). The second-order valence-corrected chi connectivity index (χ2v) is 6.24. The highest BCUT2D eigenvalue weighted by Crippen LogP contribution is 2.36. The van der Waals surface area contributed by atoms with Crippen LogP contribution < -0.4 is 0 Å². The van der Waals surface area contributed by atoms with E-state index in [9.17, 15) is 26.3 Å². The van der Waals surface area contributed by atoms with E-state index in [2.05, 4.69) is 26.7 Å². The predicted octanol–water partition coefficient (Wildman–Crippen LogP) is 5.06. The highest BCUT2D eigenvalue weighted by Gasteiger charge is 2.40. The summed E-state index contributed by atoms with van der Waals surface area (Å²) in [4.78, 5) is 6.92. The quantitative estimate of drug-likeness (QED) is 0.379. The molecule has 4 aromatic rings. The van der Waals surface area contributed by atoms with E-state index in [0.717, 1.165) is 6.07 Å². The van der Waals surface area contributed by atoms with Gasteiger partial charge in [0.2, 0.25) is 5.82 Å². The van der Waals surface area contributed by atoms with Crippen molar-refractivity contribution in [3.63, 3.8) is 0 Å². The zero-order valence-corrected chi connectivity index (χ0v) is 14.4. The number of hydrogen-bond donors (Lipinski definition) is 1. The predicted molar refractivity (Wildman–Crippen MR) is 92.4 cm³/mol. The molecule has 0 bridgehead atoms. The standard InChI is InChI=1S/C18H11F6N5/c1-2-3-9-6-11(7-10-8-25-28-14(9)10)29-15-12(26-16(29)18(22,23)24)4-5-13(27-15)17(19,20)21/h2,4-8H,1,3H2,(H,25,28). The third-order valence-electron chi connectivity index (χ3n) is 4.29. The Morgan fingerprint density at radius 1 is 1.03 bits per heavy atom. The Kier molecular flexibility index (Phi) is 4.14. The fraction of sp³-hybridized carbons (Fsp3) is 0.167. The minimum absolute atomic E-state index is 0.0302. The number of imidazole rings is 1. The Morgan fingerprint density at radius 3 is 2.45 bits per heavy atom. The first-order valence-electron chi connectivity index (χ1n) is 8.21. The van der Waals surface area contributed by atoms with Crippen molar-refractivity contribution < 1.29 is 26.3 Å². The number of benzene rings is 1. The monoisotopic (exact) mass is 411 g/mol. The third kappa shape index (κ3) is 3.22. The number of nitrogens with one attached hydrogen (secondary N) is 1. The summed E-state index contributed by atoms with van der Waals surface area (Å²) in [6.45, 7) is 3.61. The number of rotatable bonds is 3. The first-order chi connectivity index (χ1) is 13.6. The number of hydrogen-bond acceptors (Lipinski definition) is 3. The van der Waals surface area contributed by atoms with Gasteiger partial charge in [0.1, 0.15) is 11.2 Å². The van der Waals surface area contributed by atoms with Crippen LogP contribution in [0.25, 0.3) is 27.8 Å². The summed E-state index contributed by atoms with van der Waals surface area (Å²) in [5.41, 5.74) is -1.02. The molecule has 3 aromatic heterocycles. The maximum absolute atomic E-state index is 13.6. The van der Waals surface area contributed by atoms with E-state index in [0.29, 0.717) is 33.5 Å². The van der Waals surface area contributed by atoms with Gasteiger partial charge in [-0.05, 0) is 36.2 Å². The van der Waals surface area contributed by atoms with Crippen molar-refractivity contribution in [2.75, 3.05) is 0 Å². The molecular formula is C18H11F6N5. The molecular weight excluding hydrogens is 400 g/mol. The van der Waals surface area contributed by atoms with Crippen LogP contribution in [0.3, 0.4) is 0 Å². The molecule has 0 amide bonds. The largest absolute Gasteiger partial charge is 0.450 e. The molecule has 11 heteroatoms. The Bertz CT molecular complexity index is 1230. The molecule has 3 heterocycles. The van der Waals surface area contributed by atoms with Gasteiger partial charge in [-0.15, -0.1) is 6.58 Å². The lowest BCUT2D eigenvalue weighted by atomic mass is 10.1. The number of allylic oxidation sites excluding steroid dienone is 1. The number of nitrogens with zero attached hydrogens (tertiary/aromatic N) is 4. The van der Waals surface area contributed by atoms with Crippen LogP contribution in [-0.2, 0) is 18.8 Å². The van der Waals surface area contributed by atoms with Crippen molar-refractivity contribution in [1.29, 1.82) is 0 Å². The molecule has 1 aromatic carbocycles. The van der Waals surface area contributed by atoms with E-state index >= 15 is 0 Å². The van der Waals surface area contributed by atoms with Gasteiger partial charge in [0, 0.05) is 5.39 Å². The first-order valence-corrected chi connectivity index (χ1v) is 8.21. The van der Waals surface area contributed by atoms with Gasteiger partial charge < -0.3 is 0 Å². The van der Waals surface area contributed by atoms with E-state index in [1.54, 1.807) is 6.08 Å². The third-order valence-corrected chi connectivity index (χ3v) is 4.29. The zero-order chi connectivity index (χ0) is 21.0. The van der Waals surface area contributed by atoms with Crippen LogP contribution >= 0.6 is 0 Å². The molecule has 0 aliphatic carbocycles. The van der Waals surface area contributed by atoms with Crippen LogP contribution in [0.4, 0.5) is 26.3 Å². The summed E-state index contributed by atoms with van der Waals surface area (Å²) in [7, 11) is 0. The van der Waals surface area contributed by atoms with E-state index in [4.69, 9.17) is 0 Å². The average Bonchev–Trinajstić information content (AvgIpc) is 3.24. The fourth-order valence-electron chi connectivity index (χ4n) is 3.11. The van der Waals surface area contributed by atoms with Crippen molar-refractivity contribution >= 4 is 22.1 Å². The van der Waals surface area contributed by atoms with Crippen LogP contribution in [-0.4, -0.2) is 24.7 Å². The zero-order valence-electron chi connectivity index (χ0n) is 14.4. The van der Waals surface area contributed by atoms with E-state index in [1.807, 2.05) is 0 Å². The summed E-state index contributed by atoms with van der Waals surface area (Å²) < 4.78 is 80.8. The van der Waals surface area contributed by atoms with Crippen molar-refractivity contribution in [3.05, 3.63) is 60.2 Å². The average molecular weight is 411 g/mol. The van der Waals surface area contributed by atoms with Crippen LogP contribution in [0.2, 0.25) is 0 Å². The minimum Gasteiger partial charge on any atom is -0.278 e. The number of alkyl halides is 6. The number of pyridine rings is 1. The normalized spacial score (nSPS) is 12.8. The molecule has 0 saturated heterocycles. The fourth-order valence-corrected chi connectivity index (χ4v) is 3.11. The number of fused-ring (bicyclic) bond motifs is 2. The lowest BCUT2D eigenvalue weighted by Crippen LogP contribution is -2.15. The summed E-state index contributed by atoms with van der Waals surface area (Å²) in [6, 6.07) is 4.27. The van der Waals surface area contributed by atoms with E-state index in [-0.39, 0.29) is 11.2 Å². The number of aromatic nitrogens is 5. The highest BCUT2D eigenvalue weighted by atomic mass is 19.4. The van der Waals surface area contributed by atoms with Crippen molar-refractivity contribution in [3.8, 4) is 5.69 Å². The van der Waals surface area contributed by atoms with Gasteiger partial charge in [-0.25, -0.2) is 9.97 Å². The molecule has 5 nitrogen and oxygen atoms in total. The summed E-state index contributed by atoms with van der Waals surface area (Å²) in [6.07, 6.45) is -6.46. The Morgan fingerprint density at radius 2 is 1.79 bits per heavy atom. The molecule has 0 atom stereocenters. The summed E-state index contributed by atoms with van der Waals surface area (Å²) >= 11 is 0. The molecule has 0 saturated carbocycles. The number of H-pyrrole nitrogens is 1. The Balaban J connectivity index is 2.08. The van der Waals surface area contributed by atoms with Crippen molar-refractivity contribution in [1.82, 2.24) is 24.7 Å². The first kappa shape index (κ1) is 19.0. The number of aromatic amines is 1. The molecule has 29 heavy (non-hydrogen) atoms. The van der Waals surface area contributed by atoms with E-state index < -0.39 is 29.5 Å². The lowest BCUT2D eigenvalue weighted by molar-refractivity contribution is -0.145. The Labute approximate surface area is 158 Å². The van der Waals surface area contributed by atoms with Gasteiger partial charge in [0.25, 0.3) is 0 Å². The topological polar surface area (TPSA) is 59.4 Å². The Hall–Kier alpha value is -3.37. The second kappa shape index (κ2) is 6.33. The van der Waals surface area contributed by atoms with Crippen molar-refractivity contribution in [2.45, 2.75) is 18.8 Å². The van der Waals surface area contributed by atoms with Crippen molar-refractivity contribution in [2.24, 2.45) is 0 Å². The SMILES string of the molecule is C=CCc1cc(-n2c(C(F)(F)F)nc3ccc(C(F)(F)F)nc32)cc2cn[nH]c12. The molecule has 0 aliphatic heterocycles. The molecule has 150 valence electrons. The van der Waals surface area contributed by atoms with Crippen LogP contribution in [0.15, 0.2) is 43.1 Å². The number of halogens is 6. The van der Waals surface area contributed by atoms with Crippen LogP contribution in [0.1, 0.15) is 17.1 Å². The molecule has 0 aliphatic rings. The minimum atomic E-state index is -4.91. The molecule has 0 spiro atoms. The molecule has 1 N–H and O–H groups in total.